The molecule has 29 heavy (non-hydrogen) atoms. The molecule has 1 fully saturated rings. The monoisotopic (exact) mass is 516 g/mol. The minimum absolute atomic E-state index is 0.153. The van der Waals surface area contributed by atoms with Crippen LogP contribution in [0.5, 0.6) is 0 Å². The molecular weight excluding hydrogens is 492 g/mol. The number of rotatable bonds is 5. The van der Waals surface area contributed by atoms with Crippen LogP contribution in [-0.4, -0.2) is 18.8 Å². The fourth-order valence-corrected chi connectivity index (χ4v) is 4.41. The Morgan fingerprint density at radius 3 is 2.55 bits per heavy atom. The number of halogens is 4. The van der Waals surface area contributed by atoms with E-state index < -0.39 is 33.0 Å². The molecule has 0 aliphatic heterocycles. The number of esters is 1. The van der Waals surface area contributed by atoms with Gasteiger partial charge in [0.2, 0.25) is 0 Å². The van der Waals surface area contributed by atoms with Crippen molar-refractivity contribution < 1.29 is 22.7 Å². The molecule has 0 aromatic heterocycles. The molecular formula is C23H24F3IO2. The highest BCUT2D eigenvalue weighted by atomic mass is 127. The van der Waals surface area contributed by atoms with Crippen LogP contribution < -0.4 is 0 Å². The molecule has 3 rings (SSSR count). The van der Waals surface area contributed by atoms with Crippen LogP contribution in [0.15, 0.2) is 57.2 Å². The zero-order valence-electron chi connectivity index (χ0n) is 16.6. The van der Waals surface area contributed by atoms with E-state index >= 15 is 0 Å². The highest BCUT2D eigenvalue weighted by molar-refractivity contribution is 14.1. The van der Waals surface area contributed by atoms with Crippen LogP contribution in [-0.2, 0) is 9.53 Å². The van der Waals surface area contributed by atoms with E-state index in [2.05, 4.69) is 18.2 Å². The van der Waals surface area contributed by atoms with Gasteiger partial charge in [-0.25, -0.2) is 0 Å². The van der Waals surface area contributed by atoms with E-state index in [4.69, 9.17) is 4.74 Å². The molecule has 0 spiro atoms. The molecule has 6 heteroatoms. The largest absolute Gasteiger partial charge is 0.461 e. The van der Waals surface area contributed by atoms with Gasteiger partial charge in [0, 0.05) is 0 Å². The molecule has 0 heterocycles. The maximum absolute atomic E-state index is 12.8. The first kappa shape index (κ1) is 22.1. The number of allylic oxidation sites excluding steroid dienone is 4. The number of carbonyl (C=O) groups is 1. The molecule has 156 valence electrons. The summed E-state index contributed by atoms with van der Waals surface area (Å²) < 4.78 is 43.3. The van der Waals surface area contributed by atoms with Gasteiger partial charge in [-0.05, 0) is 76.0 Å². The zero-order chi connectivity index (χ0) is 21.4. The van der Waals surface area contributed by atoms with E-state index in [1.54, 1.807) is 13.8 Å². The van der Waals surface area contributed by atoms with Gasteiger partial charge in [0.15, 0.2) is 0 Å². The average molecular weight is 516 g/mol. The van der Waals surface area contributed by atoms with Crippen molar-refractivity contribution in [3.8, 4) is 0 Å². The van der Waals surface area contributed by atoms with Gasteiger partial charge in [0.25, 0.3) is 0 Å². The van der Waals surface area contributed by atoms with Crippen molar-refractivity contribution >= 4 is 34.1 Å². The van der Waals surface area contributed by atoms with E-state index in [1.807, 2.05) is 25.1 Å². The summed E-state index contributed by atoms with van der Waals surface area (Å²) in [6, 6.07) is 10.1. The van der Waals surface area contributed by atoms with Crippen molar-refractivity contribution in [2.75, 3.05) is 6.61 Å². The van der Waals surface area contributed by atoms with Crippen LogP contribution in [0.3, 0.4) is 0 Å². The van der Waals surface area contributed by atoms with Gasteiger partial charge in [-0.3, -0.25) is 4.79 Å². The van der Waals surface area contributed by atoms with E-state index in [0.29, 0.717) is 0 Å². The first-order valence-corrected chi connectivity index (χ1v) is 10.7. The molecule has 1 aromatic carbocycles. The molecule has 0 radical (unpaired) electrons. The van der Waals surface area contributed by atoms with Crippen LogP contribution in [0, 0.1) is 17.3 Å². The number of hydrogen-bond donors (Lipinski definition) is 0. The summed E-state index contributed by atoms with van der Waals surface area (Å²) in [5.41, 5.74) is 3.95. The van der Waals surface area contributed by atoms with E-state index in [1.165, 1.54) is 28.2 Å². The van der Waals surface area contributed by atoms with Crippen molar-refractivity contribution in [1.82, 2.24) is 0 Å². The number of carbonyl (C=O) groups excluding carboxylic acids is 1. The zero-order valence-corrected chi connectivity index (χ0v) is 18.8. The van der Waals surface area contributed by atoms with Crippen LogP contribution in [0.2, 0.25) is 0 Å². The first-order valence-electron chi connectivity index (χ1n) is 9.59. The van der Waals surface area contributed by atoms with Gasteiger partial charge in [-0.15, -0.1) is 0 Å². The Bertz CT molecular complexity index is 879. The molecule has 0 amide bonds. The Hall–Kier alpha value is -1.57. The van der Waals surface area contributed by atoms with Gasteiger partial charge in [-0.2, -0.15) is 13.2 Å². The minimum atomic E-state index is -4.38. The topological polar surface area (TPSA) is 26.3 Å². The molecule has 2 nitrogen and oxygen atoms in total. The van der Waals surface area contributed by atoms with Crippen molar-refractivity contribution in [2.45, 2.75) is 39.8 Å². The van der Waals surface area contributed by atoms with Crippen molar-refractivity contribution in [3.63, 3.8) is 0 Å². The molecule has 0 saturated heterocycles. The fourth-order valence-electron chi connectivity index (χ4n) is 4.02. The Labute approximate surface area is 183 Å². The summed E-state index contributed by atoms with van der Waals surface area (Å²) in [6.07, 6.45) is 0.669. The van der Waals surface area contributed by atoms with Gasteiger partial charge in [0.1, 0.15) is 6.61 Å². The van der Waals surface area contributed by atoms with Crippen LogP contribution in [0.1, 0.15) is 39.2 Å². The third-order valence-corrected chi connectivity index (χ3v) is 6.94. The van der Waals surface area contributed by atoms with Gasteiger partial charge < -0.3 is 4.74 Å². The van der Waals surface area contributed by atoms with Crippen LogP contribution in [0.4, 0.5) is 13.2 Å². The predicted molar refractivity (Wildman–Crippen MR) is 116 cm³/mol. The average Bonchev–Trinajstić information content (AvgIpc) is 3.20. The van der Waals surface area contributed by atoms with Gasteiger partial charge >= 0.3 is 12.1 Å². The van der Waals surface area contributed by atoms with Gasteiger partial charge in [0.05, 0.1) is 9.50 Å². The molecule has 1 aromatic rings. The predicted octanol–water partition coefficient (Wildman–Crippen LogP) is 6.88. The van der Waals surface area contributed by atoms with Gasteiger partial charge in [-0.1, -0.05) is 56.3 Å². The molecule has 2 aliphatic carbocycles. The maximum atomic E-state index is 12.8. The lowest BCUT2D eigenvalue weighted by atomic mass is 9.88. The quantitative estimate of drug-likeness (QED) is 0.315. The lowest BCUT2D eigenvalue weighted by molar-refractivity contribution is -0.145. The Kier molecular flexibility index (Phi) is 6.32. The standard InChI is InChI=1S/C23H24F3IO2/c1-14-16(10-7-11-17(14)15-8-5-4-6-9-15)13-29-21(28)20-18(22(20,2)3)12-19(27)23(24,25)26/h4-6,8-10,12,18,20H,7,11,13H2,1-3H3/b19-12-. The summed E-state index contributed by atoms with van der Waals surface area (Å²) in [4.78, 5) is 12.6. The molecule has 2 unspecified atom stereocenters. The number of hydrogen-bond acceptors (Lipinski definition) is 2. The summed E-state index contributed by atoms with van der Waals surface area (Å²) in [5, 5.41) is 0. The highest BCUT2D eigenvalue weighted by Crippen LogP contribution is 2.60. The van der Waals surface area contributed by atoms with Crippen molar-refractivity contribution in [1.29, 1.82) is 0 Å². The fraction of sp³-hybridized carbons (Fsp3) is 0.435. The number of ether oxygens (including phenoxy) is 1. The highest BCUT2D eigenvalue weighted by Gasteiger charge is 2.62. The lowest BCUT2D eigenvalue weighted by Crippen LogP contribution is -2.14. The van der Waals surface area contributed by atoms with Crippen LogP contribution >= 0.6 is 22.6 Å². The minimum Gasteiger partial charge on any atom is -0.461 e. The second-order valence-corrected chi connectivity index (χ2v) is 9.34. The molecule has 0 N–H and O–H groups in total. The summed E-state index contributed by atoms with van der Waals surface area (Å²) in [7, 11) is 0. The van der Waals surface area contributed by atoms with Crippen molar-refractivity contribution in [2.24, 2.45) is 17.3 Å². The summed E-state index contributed by atoms with van der Waals surface area (Å²) in [5.74, 6) is -1.43. The second-order valence-electron chi connectivity index (χ2n) is 8.18. The molecule has 2 atom stereocenters. The first-order chi connectivity index (χ1) is 13.5. The summed E-state index contributed by atoms with van der Waals surface area (Å²) >= 11 is 1.29. The van der Waals surface area contributed by atoms with Crippen LogP contribution in [0.25, 0.3) is 5.57 Å². The number of benzene rings is 1. The second kappa shape index (κ2) is 8.28. The molecule has 2 aliphatic rings. The Morgan fingerprint density at radius 2 is 1.93 bits per heavy atom. The SMILES string of the molecule is CC1=C(c2ccccc2)CCC=C1COC(=O)C1C(/C=C(\I)C(F)(F)F)C1(C)C. The lowest BCUT2D eigenvalue weighted by Gasteiger charge is -2.20. The van der Waals surface area contributed by atoms with Crippen molar-refractivity contribution in [3.05, 3.63) is 62.8 Å². The molecule has 0 bridgehead atoms. The Balaban J connectivity index is 1.67. The van der Waals surface area contributed by atoms with E-state index in [-0.39, 0.29) is 6.61 Å². The van der Waals surface area contributed by atoms with E-state index in [9.17, 15) is 18.0 Å². The number of alkyl halides is 3. The third kappa shape index (κ3) is 4.78. The smallest absolute Gasteiger partial charge is 0.421 e. The molecule has 1 saturated carbocycles. The normalized spacial score (nSPS) is 24.2. The third-order valence-electron chi connectivity index (χ3n) is 5.97. The maximum Gasteiger partial charge on any atom is 0.421 e. The summed E-state index contributed by atoms with van der Waals surface area (Å²) in [6.45, 7) is 5.79. The van der Waals surface area contributed by atoms with E-state index in [0.717, 1.165) is 35.6 Å². The Morgan fingerprint density at radius 1 is 1.28 bits per heavy atom.